The molecule has 4 amide bonds. The van der Waals surface area contributed by atoms with Crippen LogP contribution in [-0.2, 0) is 4.74 Å². The Morgan fingerprint density at radius 3 is 0.897 bits per heavy atom. The average Bonchev–Trinajstić information content (AvgIpc) is 1.78. The topological polar surface area (TPSA) is 182 Å². The lowest BCUT2D eigenvalue weighted by molar-refractivity contribution is 0.0420. The maximum atomic E-state index is 13.3. The molecule has 610 valence electrons. The lowest BCUT2D eigenvalue weighted by Gasteiger charge is -2.31. The van der Waals surface area contributed by atoms with Gasteiger partial charge in [-0.1, -0.05) is 74.3 Å². The third-order valence-corrected chi connectivity index (χ3v) is 16.1. The largest absolute Gasteiger partial charge is 0.454 e. The third-order valence-electron chi connectivity index (χ3n) is 14.6. The second-order valence-corrected chi connectivity index (χ2v) is 27.0. The number of Topliss-reactive ketones (excluding diaryl/α,β-unsaturated/α-hetero) is 1. The Bertz CT molecular complexity index is 3580. The summed E-state index contributed by atoms with van der Waals surface area (Å²) in [6.45, 7) is 37.1. The smallest absolute Gasteiger partial charge is 0.339 e. The number of aliphatic hydroxyl groups is 2. The maximum absolute atomic E-state index is 13.3. The first-order valence-electron chi connectivity index (χ1n) is 31.6. The van der Waals surface area contributed by atoms with Crippen molar-refractivity contribution < 1.29 is 74.9 Å². The van der Waals surface area contributed by atoms with Crippen molar-refractivity contribution in [1.82, 2.24) is 19.6 Å². The fourth-order valence-corrected chi connectivity index (χ4v) is 11.9. The highest BCUT2D eigenvalue weighted by Crippen LogP contribution is 2.31. The molecule has 1 aliphatic rings. The molecule has 0 spiro atoms. The number of benzene rings is 6. The van der Waals surface area contributed by atoms with Crippen molar-refractivity contribution in [2.75, 3.05) is 0 Å². The van der Waals surface area contributed by atoms with Crippen molar-refractivity contribution in [2.24, 2.45) is 0 Å². The number of rotatable bonds is 16. The molecule has 23 heteroatoms. The van der Waals surface area contributed by atoms with Gasteiger partial charge in [-0.3, -0.25) is 28.8 Å². The number of ketones is 1. The zero-order valence-electron chi connectivity index (χ0n) is 58.6. The number of nitrogens with zero attached hydrogens (tertiary/aromatic N) is 4. The summed E-state index contributed by atoms with van der Waals surface area (Å²) in [5.41, 5.74) is 3.66. The maximum Gasteiger partial charge on any atom is 0.339 e. The molecule has 0 bridgehead atoms. The Kier molecular flexibility index (Phi) is 60.0. The highest BCUT2D eigenvalue weighted by Gasteiger charge is 2.30. The van der Waals surface area contributed by atoms with Crippen LogP contribution >= 0.6 is 43.5 Å². The number of hydrogen-bond acceptors (Lipinski definition) is 10. The van der Waals surface area contributed by atoms with Crippen LogP contribution in [0.3, 0.4) is 0 Å². The van der Waals surface area contributed by atoms with Gasteiger partial charge in [0.15, 0.2) is 5.78 Å². The average molecular weight is 1670 g/mol. The number of cyclic esters (lactones) is 1. The molecule has 7 rings (SSSR count). The van der Waals surface area contributed by atoms with Crippen molar-refractivity contribution in [3.05, 3.63) is 209 Å². The monoisotopic (exact) mass is 1660 g/mol. The first-order valence-corrected chi connectivity index (χ1v) is 33.5. The van der Waals surface area contributed by atoms with Crippen LogP contribution in [0.4, 0.5) is 26.3 Å². The van der Waals surface area contributed by atoms with E-state index in [-0.39, 0.29) is 192 Å². The lowest BCUT2D eigenvalue weighted by atomic mass is 10.0. The van der Waals surface area contributed by atoms with Crippen LogP contribution in [0.2, 0.25) is 0 Å². The molecular weight excluding hydrogens is 1530 g/mol. The Morgan fingerprint density at radius 2 is 0.617 bits per heavy atom. The standard InChI is InChI=1S/2C15H22FNO2.C15H20FNO2.C13H17BrFNO.C9H7FO2.C7H3BrClFO.10CH4/c3*1-9(2)17(10(3)4)15(19)13-7-6-12(16)8-14(13)11(5)18;1-8(2)16(9(3)4)13(17)11-6-5-10(15)7-12(11)14;1-5-8-4-6(10)2-3-7(8)9(11)12-5;8-6-3-4(10)1-2-5(6)7(9)11;;;;;;;;;;/h2*6-11,18H,1-5H3;6-10H,1-5H3;5-9H,1-4H3;2-5H,1H3;1-3H;10*1H4/t11-;;;;5-;;;;;;;;;;;/m0...0.........../s1. The van der Waals surface area contributed by atoms with Gasteiger partial charge in [0.05, 0.1) is 28.9 Å². The highest BCUT2D eigenvalue weighted by molar-refractivity contribution is 9.10. The number of carbonyl (C=O) groups excluding carboxylic acids is 7. The molecule has 6 aromatic carbocycles. The molecule has 14 nitrogen and oxygen atoms in total. The van der Waals surface area contributed by atoms with E-state index in [1.165, 1.54) is 124 Å². The fraction of sp³-hybridized carbons (Fsp3) is 0.488. The van der Waals surface area contributed by atoms with Gasteiger partial charge < -0.3 is 34.5 Å². The Hall–Kier alpha value is -7.24. The van der Waals surface area contributed by atoms with Crippen LogP contribution < -0.4 is 0 Å². The lowest BCUT2D eigenvalue weighted by Crippen LogP contribution is -2.42. The van der Waals surface area contributed by atoms with Crippen molar-refractivity contribution in [3.63, 3.8) is 0 Å². The molecular formula is C84H131Br2ClF6N4O10. The molecule has 6 aromatic rings. The summed E-state index contributed by atoms with van der Waals surface area (Å²) in [6.07, 6.45) is -2.07. The molecule has 1 unspecified atom stereocenters. The molecule has 0 aliphatic carbocycles. The quantitative estimate of drug-likeness (QED) is 0.0409. The number of aliphatic hydroxyl groups excluding tert-OH is 2. The number of halogens is 9. The summed E-state index contributed by atoms with van der Waals surface area (Å²) in [6, 6.07) is 23.8. The van der Waals surface area contributed by atoms with Crippen molar-refractivity contribution in [1.29, 1.82) is 0 Å². The predicted molar refractivity (Wildman–Crippen MR) is 442 cm³/mol. The zero-order chi connectivity index (χ0) is 74.5. The van der Waals surface area contributed by atoms with Crippen LogP contribution in [0.15, 0.2) is 118 Å². The number of carbonyl (C=O) groups is 7. The molecule has 1 aliphatic heterocycles. The summed E-state index contributed by atoms with van der Waals surface area (Å²) < 4.78 is 83.6. The Labute approximate surface area is 662 Å². The van der Waals surface area contributed by atoms with Crippen molar-refractivity contribution in [2.45, 2.75) is 279 Å². The summed E-state index contributed by atoms with van der Waals surface area (Å²) in [5.74, 6) is -3.86. The predicted octanol–water partition coefficient (Wildman–Crippen LogP) is 24.8. The van der Waals surface area contributed by atoms with Gasteiger partial charge in [0.2, 0.25) is 0 Å². The molecule has 0 fully saturated rings. The number of esters is 1. The third kappa shape index (κ3) is 34.9. The second kappa shape index (κ2) is 54.4. The van der Waals surface area contributed by atoms with E-state index < -0.39 is 40.7 Å². The van der Waals surface area contributed by atoms with Crippen molar-refractivity contribution in [3.8, 4) is 0 Å². The summed E-state index contributed by atoms with van der Waals surface area (Å²) in [5, 5.41) is 18.8. The van der Waals surface area contributed by atoms with Gasteiger partial charge in [-0.2, -0.15) is 0 Å². The minimum absolute atomic E-state index is 0. The molecule has 0 saturated carbocycles. The van der Waals surface area contributed by atoms with E-state index in [9.17, 15) is 70.1 Å². The van der Waals surface area contributed by atoms with Crippen LogP contribution in [0.1, 0.15) is 320 Å². The highest BCUT2D eigenvalue weighted by atomic mass is 79.9. The van der Waals surface area contributed by atoms with E-state index in [1.54, 1.807) is 26.5 Å². The number of hydrogen-bond donors (Lipinski definition) is 2. The van der Waals surface area contributed by atoms with Gasteiger partial charge in [0, 0.05) is 85.1 Å². The number of ether oxygens (including phenoxy) is 1. The minimum Gasteiger partial charge on any atom is -0.454 e. The van der Waals surface area contributed by atoms with Gasteiger partial charge in [-0.15, -0.1) is 0 Å². The molecule has 1 heterocycles. The van der Waals surface area contributed by atoms with Crippen molar-refractivity contribution >= 4 is 84.1 Å². The molecule has 107 heavy (non-hydrogen) atoms. The zero-order valence-corrected chi connectivity index (χ0v) is 62.5. The molecule has 0 radical (unpaired) electrons. The van der Waals surface area contributed by atoms with Gasteiger partial charge in [-0.25, -0.2) is 31.1 Å². The van der Waals surface area contributed by atoms with E-state index in [0.29, 0.717) is 47.9 Å². The van der Waals surface area contributed by atoms with E-state index in [1.807, 2.05) is 111 Å². The van der Waals surface area contributed by atoms with Crippen LogP contribution in [0, 0.1) is 34.9 Å². The molecule has 0 aromatic heterocycles. The van der Waals surface area contributed by atoms with E-state index in [0.717, 1.165) is 6.07 Å². The number of amides is 4. The normalized spacial score (nSPS) is 11.6. The van der Waals surface area contributed by atoms with Gasteiger partial charge in [-0.05, 0) is 302 Å². The molecule has 2 N–H and O–H groups in total. The molecule has 0 saturated heterocycles. The summed E-state index contributed by atoms with van der Waals surface area (Å²) in [4.78, 5) is 90.0. The van der Waals surface area contributed by atoms with Crippen LogP contribution in [0.5, 0.6) is 0 Å². The van der Waals surface area contributed by atoms with Crippen LogP contribution in [-0.4, -0.2) is 119 Å². The van der Waals surface area contributed by atoms with Gasteiger partial charge in [0.25, 0.3) is 28.9 Å². The van der Waals surface area contributed by atoms with Crippen LogP contribution in [0.25, 0.3) is 0 Å². The summed E-state index contributed by atoms with van der Waals surface area (Å²) >= 11 is 11.4. The number of fused-ring (bicyclic) bond motifs is 1. The van der Waals surface area contributed by atoms with Gasteiger partial charge >= 0.3 is 5.97 Å². The Balaban J connectivity index is -0.000000152. The van der Waals surface area contributed by atoms with Gasteiger partial charge in [0.1, 0.15) is 41.0 Å². The molecule has 3 atom stereocenters. The first kappa shape index (κ1) is 118. The van der Waals surface area contributed by atoms with E-state index in [4.69, 9.17) is 16.3 Å². The van der Waals surface area contributed by atoms with E-state index >= 15 is 0 Å². The SMILES string of the molecule is C.C.C.C.C.C.C.C.C.C.CC(=O)c1cc(F)ccc1C(=O)N(C(C)C)C(C)C.CC(C)N(C(=O)c1ccc(F)cc1Br)C(C)C.CC(C)N(C(=O)c1ccc(F)cc1[C@H](C)O)C(C)C.CC(O)c1cc(F)ccc1C(=O)N(C(C)C)C(C)C.C[C@@H]1OC(=O)c2ccc(F)cc21.O=C(Cl)c1ccc(F)cc1Br. The second-order valence-electron chi connectivity index (χ2n) is 25.0. The Morgan fingerprint density at radius 1 is 0.374 bits per heavy atom. The minimum atomic E-state index is -0.879. The van der Waals surface area contributed by atoms with E-state index in [2.05, 4.69) is 31.9 Å². The summed E-state index contributed by atoms with van der Waals surface area (Å²) in [7, 11) is 0. The first-order chi connectivity index (χ1) is 44.9. The fourth-order valence-electron chi connectivity index (χ4n) is 10.6.